The number of hydrogen-bond donors (Lipinski definition) is 1. The summed E-state index contributed by atoms with van der Waals surface area (Å²) >= 11 is 0. The summed E-state index contributed by atoms with van der Waals surface area (Å²) in [5, 5.41) is 3.61. The highest BCUT2D eigenvalue weighted by molar-refractivity contribution is 5.09. The van der Waals surface area contributed by atoms with Gasteiger partial charge in [-0.1, -0.05) is 13.3 Å². The lowest BCUT2D eigenvalue weighted by atomic mass is 9.67. The van der Waals surface area contributed by atoms with Crippen molar-refractivity contribution in [1.82, 2.24) is 5.32 Å². The molecule has 2 heteroatoms. The Hall–Kier alpha value is -0.760. The summed E-state index contributed by atoms with van der Waals surface area (Å²) in [6.07, 6.45) is 5.48. The summed E-state index contributed by atoms with van der Waals surface area (Å²) in [4.78, 5) is 0. The first-order chi connectivity index (χ1) is 7.65. The molecule has 1 saturated carbocycles. The molecule has 1 aromatic rings. The molecule has 1 aliphatic rings. The van der Waals surface area contributed by atoms with E-state index in [0.29, 0.717) is 11.5 Å². The van der Waals surface area contributed by atoms with Crippen LogP contribution in [0.25, 0.3) is 0 Å². The lowest BCUT2D eigenvalue weighted by molar-refractivity contribution is 0.118. The van der Waals surface area contributed by atoms with Crippen molar-refractivity contribution in [3.05, 3.63) is 23.7 Å². The Morgan fingerprint density at radius 2 is 2.19 bits per heavy atom. The Morgan fingerprint density at radius 1 is 1.44 bits per heavy atom. The van der Waals surface area contributed by atoms with Crippen LogP contribution in [0.1, 0.15) is 57.1 Å². The van der Waals surface area contributed by atoms with Gasteiger partial charge >= 0.3 is 0 Å². The fourth-order valence-corrected chi connectivity index (χ4v) is 2.49. The summed E-state index contributed by atoms with van der Waals surface area (Å²) in [5.41, 5.74) is 0.579. The number of hydrogen-bond acceptors (Lipinski definition) is 2. The highest BCUT2D eigenvalue weighted by Gasteiger charge is 2.35. The van der Waals surface area contributed by atoms with E-state index in [1.807, 2.05) is 13.0 Å². The minimum Gasteiger partial charge on any atom is -0.465 e. The summed E-state index contributed by atoms with van der Waals surface area (Å²) in [6.45, 7) is 7.61. The fourth-order valence-electron chi connectivity index (χ4n) is 2.49. The second-order valence-electron chi connectivity index (χ2n) is 5.26. The second-order valence-corrected chi connectivity index (χ2v) is 5.26. The molecule has 1 aliphatic carbocycles. The van der Waals surface area contributed by atoms with Gasteiger partial charge in [0.1, 0.15) is 11.5 Å². The molecule has 0 radical (unpaired) electrons. The zero-order valence-electron chi connectivity index (χ0n) is 10.7. The summed E-state index contributed by atoms with van der Waals surface area (Å²) < 4.78 is 5.63. The Bertz CT molecular complexity index is 333. The average molecular weight is 221 g/mol. The van der Waals surface area contributed by atoms with E-state index in [-0.39, 0.29) is 0 Å². The van der Waals surface area contributed by atoms with Gasteiger partial charge in [-0.2, -0.15) is 0 Å². The predicted molar refractivity (Wildman–Crippen MR) is 66.4 cm³/mol. The third-order valence-electron chi connectivity index (χ3n) is 4.14. The topological polar surface area (TPSA) is 25.2 Å². The molecule has 0 bridgehead atoms. The highest BCUT2D eigenvalue weighted by atomic mass is 16.3. The Kier molecular flexibility index (Phi) is 3.38. The molecule has 2 nitrogen and oxygen atoms in total. The van der Waals surface area contributed by atoms with Crippen molar-refractivity contribution in [2.75, 3.05) is 6.54 Å². The minimum absolute atomic E-state index is 0.331. The van der Waals surface area contributed by atoms with Crippen LogP contribution in [0, 0.1) is 12.3 Å². The molecule has 0 aromatic carbocycles. The largest absolute Gasteiger partial charge is 0.465 e. The van der Waals surface area contributed by atoms with Crippen LogP contribution in [0.4, 0.5) is 0 Å². The zero-order valence-corrected chi connectivity index (χ0v) is 10.7. The van der Waals surface area contributed by atoms with E-state index in [1.165, 1.54) is 25.7 Å². The smallest absolute Gasteiger partial charge is 0.120 e. The van der Waals surface area contributed by atoms with E-state index >= 15 is 0 Å². The first kappa shape index (κ1) is 11.7. The molecular formula is C14H23NO. The highest BCUT2D eigenvalue weighted by Crippen LogP contribution is 2.43. The van der Waals surface area contributed by atoms with Crippen LogP contribution in [-0.4, -0.2) is 6.54 Å². The minimum atomic E-state index is 0.331. The molecule has 0 aliphatic heterocycles. The molecule has 1 heterocycles. The van der Waals surface area contributed by atoms with Crippen molar-refractivity contribution in [3.8, 4) is 0 Å². The number of rotatable bonds is 5. The van der Waals surface area contributed by atoms with Gasteiger partial charge in [0.05, 0.1) is 6.04 Å². The van der Waals surface area contributed by atoms with Crippen LogP contribution in [-0.2, 0) is 0 Å². The Balaban J connectivity index is 1.86. The maximum absolute atomic E-state index is 5.63. The van der Waals surface area contributed by atoms with Crippen molar-refractivity contribution in [2.24, 2.45) is 5.41 Å². The molecule has 1 aromatic heterocycles. The average Bonchev–Trinajstić information content (AvgIpc) is 2.64. The number of furan rings is 1. The van der Waals surface area contributed by atoms with Crippen molar-refractivity contribution >= 4 is 0 Å². The summed E-state index contributed by atoms with van der Waals surface area (Å²) in [7, 11) is 0. The van der Waals surface area contributed by atoms with Crippen LogP contribution in [0.2, 0.25) is 0 Å². The van der Waals surface area contributed by atoms with Crippen molar-refractivity contribution in [3.63, 3.8) is 0 Å². The molecular weight excluding hydrogens is 198 g/mol. The van der Waals surface area contributed by atoms with Gasteiger partial charge < -0.3 is 9.73 Å². The van der Waals surface area contributed by atoms with Crippen LogP contribution >= 0.6 is 0 Å². The molecule has 1 fully saturated rings. The van der Waals surface area contributed by atoms with Crippen LogP contribution < -0.4 is 5.32 Å². The first-order valence-corrected chi connectivity index (χ1v) is 6.45. The predicted octanol–water partition coefficient (Wildman–Crippen LogP) is 3.82. The zero-order chi connectivity index (χ0) is 11.6. The standard InChI is InChI=1S/C14H23NO/c1-4-14(8-5-9-14)10-15-12(3)13-7-6-11(2)16-13/h6-7,12,15H,4-5,8-10H2,1-3H3. The Morgan fingerprint density at radius 3 is 2.62 bits per heavy atom. The lowest BCUT2D eigenvalue weighted by Gasteiger charge is -2.42. The normalized spacial score (nSPS) is 20.4. The van der Waals surface area contributed by atoms with Crippen molar-refractivity contribution in [1.29, 1.82) is 0 Å². The van der Waals surface area contributed by atoms with E-state index in [1.54, 1.807) is 0 Å². The molecule has 0 amide bonds. The lowest BCUT2D eigenvalue weighted by Crippen LogP contribution is -2.40. The third-order valence-corrected chi connectivity index (χ3v) is 4.14. The maximum atomic E-state index is 5.63. The second kappa shape index (κ2) is 4.62. The van der Waals surface area contributed by atoms with Gasteiger partial charge in [0.25, 0.3) is 0 Å². The van der Waals surface area contributed by atoms with Gasteiger partial charge in [0.2, 0.25) is 0 Å². The SMILES string of the molecule is CCC1(CNC(C)c2ccc(C)o2)CCC1. The molecule has 1 atom stereocenters. The molecule has 2 rings (SSSR count). The monoisotopic (exact) mass is 221 g/mol. The van der Waals surface area contributed by atoms with Gasteiger partial charge in [-0.15, -0.1) is 0 Å². The van der Waals surface area contributed by atoms with Crippen molar-refractivity contribution in [2.45, 2.75) is 52.5 Å². The van der Waals surface area contributed by atoms with Gasteiger partial charge in [-0.05, 0) is 50.7 Å². The van der Waals surface area contributed by atoms with E-state index < -0.39 is 0 Å². The van der Waals surface area contributed by atoms with E-state index in [2.05, 4.69) is 25.2 Å². The summed E-state index contributed by atoms with van der Waals surface area (Å²) in [6, 6.07) is 4.44. The Labute approximate surface area is 98.4 Å². The first-order valence-electron chi connectivity index (χ1n) is 6.45. The third kappa shape index (κ3) is 2.32. The fraction of sp³-hybridized carbons (Fsp3) is 0.714. The molecule has 0 saturated heterocycles. The van der Waals surface area contributed by atoms with E-state index in [4.69, 9.17) is 4.42 Å². The van der Waals surface area contributed by atoms with Gasteiger partial charge in [0, 0.05) is 6.54 Å². The molecule has 1 N–H and O–H groups in total. The van der Waals surface area contributed by atoms with Gasteiger partial charge in [-0.25, -0.2) is 0 Å². The van der Waals surface area contributed by atoms with Crippen molar-refractivity contribution < 1.29 is 4.42 Å². The number of aryl methyl sites for hydroxylation is 1. The quantitative estimate of drug-likeness (QED) is 0.817. The molecule has 1 unspecified atom stereocenters. The molecule has 16 heavy (non-hydrogen) atoms. The van der Waals surface area contributed by atoms with Gasteiger partial charge in [-0.3, -0.25) is 0 Å². The molecule has 0 spiro atoms. The van der Waals surface area contributed by atoms with Crippen LogP contribution in [0.15, 0.2) is 16.5 Å². The number of nitrogens with one attached hydrogen (secondary N) is 1. The molecule has 90 valence electrons. The maximum Gasteiger partial charge on any atom is 0.120 e. The van der Waals surface area contributed by atoms with Gasteiger partial charge in [0.15, 0.2) is 0 Å². The van der Waals surface area contributed by atoms with E-state index in [0.717, 1.165) is 18.1 Å². The van der Waals surface area contributed by atoms with Crippen LogP contribution in [0.5, 0.6) is 0 Å². The van der Waals surface area contributed by atoms with E-state index in [9.17, 15) is 0 Å². The van der Waals surface area contributed by atoms with Crippen LogP contribution in [0.3, 0.4) is 0 Å². The summed E-state index contributed by atoms with van der Waals surface area (Å²) in [5.74, 6) is 2.06.